The summed E-state index contributed by atoms with van der Waals surface area (Å²) in [7, 11) is 3.92. The van der Waals surface area contributed by atoms with E-state index in [4.69, 9.17) is 11.6 Å². The Balaban J connectivity index is 2.70. The fourth-order valence-electron chi connectivity index (χ4n) is 1.53. The lowest BCUT2D eigenvalue weighted by Gasteiger charge is -2.11. The van der Waals surface area contributed by atoms with Gasteiger partial charge in [-0.25, -0.2) is 0 Å². The molecule has 1 N–H and O–H groups in total. The predicted molar refractivity (Wildman–Crippen MR) is 63.0 cm³/mol. The van der Waals surface area contributed by atoms with Crippen LogP contribution in [-0.4, -0.2) is 25.4 Å². The maximum Gasteiger partial charge on any atom is 0.167 e. The molecule has 0 unspecified atom stereocenters. The van der Waals surface area contributed by atoms with Gasteiger partial charge in [-0.3, -0.25) is 4.79 Å². The molecule has 0 saturated heterocycles. The number of halogens is 1. The number of anilines is 1. The van der Waals surface area contributed by atoms with E-state index in [-0.39, 0.29) is 0 Å². The molecule has 0 bridgehead atoms. The van der Waals surface area contributed by atoms with Crippen LogP contribution in [0.1, 0.15) is 10.5 Å². The number of carbonyl (C=O) groups is 1. The molecule has 0 amide bonds. The Bertz CT molecular complexity index is 517. The van der Waals surface area contributed by atoms with Gasteiger partial charge in [0.2, 0.25) is 0 Å². The first-order chi connectivity index (χ1) is 7.13. The Morgan fingerprint density at radius 2 is 2.13 bits per heavy atom. The number of aromatic amines is 1. The summed E-state index contributed by atoms with van der Waals surface area (Å²) in [6.45, 7) is 0. The van der Waals surface area contributed by atoms with Crippen LogP contribution in [0.5, 0.6) is 0 Å². The molecule has 15 heavy (non-hydrogen) atoms. The summed E-state index contributed by atoms with van der Waals surface area (Å²) in [4.78, 5) is 15.6. The molecule has 1 aromatic heterocycles. The first kappa shape index (κ1) is 10.1. The molecule has 1 heterocycles. The topological polar surface area (TPSA) is 36.1 Å². The smallest absolute Gasteiger partial charge is 0.167 e. The molecule has 3 nitrogen and oxygen atoms in total. The first-order valence-corrected chi connectivity index (χ1v) is 4.95. The molecule has 0 saturated carbocycles. The van der Waals surface area contributed by atoms with Crippen LogP contribution >= 0.6 is 11.6 Å². The van der Waals surface area contributed by atoms with Crippen LogP contribution in [0, 0.1) is 0 Å². The molecule has 4 heteroatoms. The second-order valence-electron chi connectivity index (χ2n) is 3.59. The monoisotopic (exact) mass is 222 g/mol. The maximum atomic E-state index is 10.7. The minimum Gasteiger partial charge on any atom is -0.378 e. The van der Waals surface area contributed by atoms with Crippen LogP contribution in [-0.2, 0) is 0 Å². The third-order valence-electron chi connectivity index (χ3n) is 2.38. The molecule has 2 aromatic rings. The van der Waals surface area contributed by atoms with Gasteiger partial charge >= 0.3 is 0 Å². The second-order valence-corrected chi connectivity index (χ2v) is 3.97. The lowest BCUT2D eigenvalue weighted by molar-refractivity contribution is 0.112. The highest BCUT2D eigenvalue weighted by molar-refractivity contribution is 6.38. The van der Waals surface area contributed by atoms with Crippen molar-refractivity contribution < 1.29 is 4.79 Å². The summed E-state index contributed by atoms with van der Waals surface area (Å²) in [6, 6.07) is 5.86. The number of hydrogen-bond donors (Lipinski definition) is 1. The summed E-state index contributed by atoms with van der Waals surface area (Å²) in [5.74, 6) is 0. The predicted octanol–water partition coefficient (Wildman–Crippen LogP) is 2.70. The highest BCUT2D eigenvalue weighted by Gasteiger charge is 2.09. The van der Waals surface area contributed by atoms with Crippen molar-refractivity contribution in [2.24, 2.45) is 0 Å². The molecular weight excluding hydrogens is 212 g/mol. The van der Waals surface area contributed by atoms with Gasteiger partial charge in [0.05, 0.1) is 10.7 Å². The van der Waals surface area contributed by atoms with Gasteiger partial charge in [-0.15, -0.1) is 0 Å². The van der Waals surface area contributed by atoms with E-state index in [9.17, 15) is 4.79 Å². The van der Waals surface area contributed by atoms with Crippen molar-refractivity contribution in [3.63, 3.8) is 0 Å². The highest BCUT2D eigenvalue weighted by Crippen LogP contribution is 2.29. The number of carbonyl (C=O) groups excluding carboxylic acids is 1. The van der Waals surface area contributed by atoms with Gasteiger partial charge in [0.25, 0.3) is 0 Å². The quantitative estimate of drug-likeness (QED) is 0.794. The number of benzene rings is 1. The van der Waals surface area contributed by atoms with Crippen LogP contribution in [0.25, 0.3) is 10.9 Å². The molecule has 0 fully saturated rings. The number of fused-ring (bicyclic) bond motifs is 1. The van der Waals surface area contributed by atoms with E-state index in [0.717, 1.165) is 22.9 Å². The van der Waals surface area contributed by atoms with E-state index in [1.54, 1.807) is 0 Å². The zero-order valence-electron chi connectivity index (χ0n) is 8.54. The van der Waals surface area contributed by atoms with Gasteiger partial charge in [0.15, 0.2) is 6.29 Å². The van der Waals surface area contributed by atoms with Crippen LogP contribution in [0.2, 0.25) is 5.02 Å². The standard InChI is InChI=1S/C11H11ClN2O/c1-14(2)7-3-4-9-8(5-7)11(12)10(6-15)13-9/h3-6,13H,1-2H3. The fourth-order valence-corrected chi connectivity index (χ4v) is 1.78. The number of aromatic nitrogens is 1. The number of aldehydes is 1. The first-order valence-electron chi connectivity index (χ1n) is 4.57. The van der Waals surface area contributed by atoms with Gasteiger partial charge in [-0.05, 0) is 18.2 Å². The van der Waals surface area contributed by atoms with Crippen molar-refractivity contribution in [3.8, 4) is 0 Å². The molecule has 0 aliphatic rings. The second kappa shape index (κ2) is 3.59. The van der Waals surface area contributed by atoms with Crippen molar-refractivity contribution in [2.75, 3.05) is 19.0 Å². The van der Waals surface area contributed by atoms with Crippen molar-refractivity contribution in [2.45, 2.75) is 0 Å². The van der Waals surface area contributed by atoms with Gasteiger partial charge in [-0.2, -0.15) is 0 Å². The summed E-state index contributed by atoms with van der Waals surface area (Å²) in [6.07, 6.45) is 0.734. The van der Waals surface area contributed by atoms with E-state index in [2.05, 4.69) is 4.98 Å². The summed E-state index contributed by atoms with van der Waals surface area (Å²) in [5, 5.41) is 1.37. The van der Waals surface area contributed by atoms with E-state index in [1.807, 2.05) is 37.2 Å². The van der Waals surface area contributed by atoms with Crippen LogP contribution in [0.3, 0.4) is 0 Å². The SMILES string of the molecule is CN(C)c1ccc2[nH]c(C=O)c(Cl)c2c1. The van der Waals surface area contributed by atoms with Crippen LogP contribution in [0.4, 0.5) is 5.69 Å². The van der Waals surface area contributed by atoms with Gasteiger partial charge in [-0.1, -0.05) is 11.6 Å². The largest absolute Gasteiger partial charge is 0.378 e. The molecule has 0 atom stereocenters. The normalized spacial score (nSPS) is 10.6. The van der Waals surface area contributed by atoms with Gasteiger partial charge in [0, 0.05) is 30.7 Å². The van der Waals surface area contributed by atoms with Crippen molar-refractivity contribution in [1.29, 1.82) is 0 Å². The number of hydrogen-bond acceptors (Lipinski definition) is 2. The lowest BCUT2D eigenvalue weighted by Crippen LogP contribution is -2.07. The van der Waals surface area contributed by atoms with E-state index < -0.39 is 0 Å². The molecular formula is C11H11ClN2O. The molecule has 0 radical (unpaired) electrons. The average Bonchev–Trinajstić information content (AvgIpc) is 2.55. The Morgan fingerprint density at radius 1 is 1.40 bits per heavy atom. The minimum atomic E-state index is 0.433. The summed E-state index contributed by atoms with van der Waals surface area (Å²) < 4.78 is 0. The lowest BCUT2D eigenvalue weighted by atomic mass is 10.2. The van der Waals surface area contributed by atoms with Crippen molar-refractivity contribution >= 4 is 34.5 Å². The highest BCUT2D eigenvalue weighted by atomic mass is 35.5. The van der Waals surface area contributed by atoms with E-state index >= 15 is 0 Å². The van der Waals surface area contributed by atoms with Gasteiger partial charge < -0.3 is 9.88 Å². The molecule has 2 rings (SSSR count). The molecule has 0 spiro atoms. The number of rotatable bonds is 2. The summed E-state index contributed by atoms with van der Waals surface area (Å²) in [5.41, 5.74) is 2.37. The minimum absolute atomic E-state index is 0.433. The van der Waals surface area contributed by atoms with Crippen LogP contribution in [0.15, 0.2) is 18.2 Å². The van der Waals surface area contributed by atoms with Crippen molar-refractivity contribution in [1.82, 2.24) is 4.98 Å². The van der Waals surface area contributed by atoms with Gasteiger partial charge in [0.1, 0.15) is 0 Å². The van der Waals surface area contributed by atoms with Crippen molar-refractivity contribution in [3.05, 3.63) is 28.9 Å². The average molecular weight is 223 g/mol. The number of nitrogens with zero attached hydrogens (tertiary/aromatic N) is 1. The third kappa shape index (κ3) is 1.59. The molecule has 0 aliphatic heterocycles. The number of nitrogens with one attached hydrogen (secondary N) is 1. The zero-order chi connectivity index (χ0) is 11.0. The van der Waals surface area contributed by atoms with E-state index in [1.165, 1.54) is 0 Å². The molecule has 0 aliphatic carbocycles. The van der Waals surface area contributed by atoms with Crippen LogP contribution < -0.4 is 4.90 Å². The molecule has 1 aromatic carbocycles. The Hall–Kier alpha value is -1.48. The Labute approximate surface area is 92.6 Å². The maximum absolute atomic E-state index is 10.7. The van der Waals surface area contributed by atoms with E-state index in [0.29, 0.717) is 10.7 Å². The zero-order valence-corrected chi connectivity index (χ0v) is 9.30. The number of H-pyrrole nitrogens is 1. The molecule has 78 valence electrons. The third-order valence-corrected chi connectivity index (χ3v) is 2.79. The summed E-state index contributed by atoms with van der Waals surface area (Å²) >= 11 is 6.05. The Morgan fingerprint density at radius 3 is 2.73 bits per heavy atom. The fraction of sp³-hybridized carbons (Fsp3) is 0.182. The Kier molecular flexibility index (Phi) is 2.40.